The highest BCUT2D eigenvalue weighted by Crippen LogP contribution is 2.36. The van der Waals surface area contributed by atoms with Gasteiger partial charge in [-0.2, -0.15) is 5.26 Å². The lowest BCUT2D eigenvalue weighted by atomic mass is 9.89. The maximum atomic E-state index is 12.9. The number of sulfonamides is 1. The molecule has 1 saturated carbocycles. The molecule has 6 nitrogen and oxygen atoms in total. The lowest BCUT2D eigenvalue weighted by Crippen LogP contribution is -2.27. The molecule has 1 aliphatic carbocycles. The van der Waals surface area contributed by atoms with E-state index in [0.29, 0.717) is 5.89 Å². The summed E-state index contributed by atoms with van der Waals surface area (Å²) in [7, 11) is -2.62. The van der Waals surface area contributed by atoms with Crippen molar-refractivity contribution in [1.82, 2.24) is 4.98 Å². The summed E-state index contributed by atoms with van der Waals surface area (Å²) in [6.45, 7) is 0. The molecular formula is C17H18ClN3O3S. The van der Waals surface area contributed by atoms with Gasteiger partial charge in [0.25, 0.3) is 10.0 Å². The molecule has 0 atom stereocenters. The smallest absolute Gasteiger partial charge is 0.267 e. The molecule has 1 aromatic heterocycles. The van der Waals surface area contributed by atoms with Gasteiger partial charge in [-0.3, -0.25) is 0 Å². The van der Waals surface area contributed by atoms with Gasteiger partial charge in [0.15, 0.2) is 0 Å². The number of halogens is 1. The Bertz CT molecular complexity index is 911. The van der Waals surface area contributed by atoms with Gasteiger partial charge in [0, 0.05) is 13.0 Å². The molecule has 3 rings (SSSR count). The van der Waals surface area contributed by atoms with E-state index in [-0.39, 0.29) is 27.4 Å². The molecule has 8 heteroatoms. The number of hydrogen-bond donors (Lipinski definition) is 0. The minimum absolute atomic E-state index is 0.0290. The van der Waals surface area contributed by atoms with Gasteiger partial charge in [0.05, 0.1) is 5.02 Å². The van der Waals surface area contributed by atoms with Crippen molar-refractivity contribution in [2.24, 2.45) is 0 Å². The Morgan fingerprint density at radius 2 is 1.96 bits per heavy atom. The van der Waals surface area contributed by atoms with Crippen LogP contribution in [0.1, 0.15) is 49.6 Å². The molecular weight excluding hydrogens is 362 g/mol. The van der Waals surface area contributed by atoms with Crippen LogP contribution >= 0.6 is 11.6 Å². The molecule has 132 valence electrons. The first kappa shape index (κ1) is 17.8. The van der Waals surface area contributed by atoms with E-state index >= 15 is 0 Å². The van der Waals surface area contributed by atoms with Gasteiger partial charge >= 0.3 is 0 Å². The summed E-state index contributed by atoms with van der Waals surface area (Å²) in [4.78, 5) is 4.19. The van der Waals surface area contributed by atoms with Crippen molar-refractivity contribution in [3.63, 3.8) is 0 Å². The topological polar surface area (TPSA) is 87.2 Å². The molecule has 1 heterocycles. The fraction of sp³-hybridized carbons (Fsp3) is 0.412. The maximum absolute atomic E-state index is 12.9. The van der Waals surface area contributed by atoms with Crippen molar-refractivity contribution in [3.05, 3.63) is 40.9 Å². The molecule has 0 N–H and O–H groups in total. The Morgan fingerprint density at radius 3 is 2.60 bits per heavy atom. The Hall–Kier alpha value is -2.04. The molecule has 0 unspecified atom stereocenters. The Balaban J connectivity index is 1.99. The Labute approximate surface area is 152 Å². The normalized spacial score (nSPS) is 15.7. The zero-order chi connectivity index (χ0) is 18.0. The van der Waals surface area contributed by atoms with E-state index < -0.39 is 10.0 Å². The van der Waals surface area contributed by atoms with Gasteiger partial charge in [-0.25, -0.2) is 17.7 Å². The van der Waals surface area contributed by atoms with Crippen LogP contribution in [0.4, 0.5) is 5.88 Å². The first-order valence-corrected chi connectivity index (χ1v) is 9.91. The van der Waals surface area contributed by atoms with E-state index in [1.807, 2.05) is 6.07 Å². The van der Waals surface area contributed by atoms with E-state index in [0.717, 1.165) is 30.0 Å². The quantitative estimate of drug-likeness (QED) is 0.798. The van der Waals surface area contributed by atoms with Gasteiger partial charge in [0.2, 0.25) is 17.5 Å². The van der Waals surface area contributed by atoms with Crippen LogP contribution in [0.3, 0.4) is 0 Å². The van der Waals surface area contributed by atoms with Crippen LogP contribution in [0, 0.1) is 11.3 Å². The minimum atomic E-state index is -3.96. The summed E-state index contributed by atoms with van der Waals surface area (Å²) in [5, 5.41) is 9.46. The summed E-state index contributed by atoms with van der Waals surface area (Å²) >= 11 is 6.02. The number of anilines is 1. The van der Waals surface area contributed by atoms with E-state index in [2.05, 4.69) is 4.98 Å². The number of rotatable bonds is 4. The first-order chi connectivity index (χ1) is 11.9. The second-order valence-corrected chi connectivity index (χ2v) is 8.40. The molecule has 0 aliphatic heterocycles. The molecule has 25 heavy (non-hydrogen) atoms. The van der Waals surface area contributed by atoms with E-state index in [1.165, 1.54) is 25.6 Å². The number of nitrogens with zero attached hydrogens (tertiary/aromatic N) is 3. The third-order valence-corrected chi connectivity index (χ3v) is 6.69. The van der Waals surface area contributed by atoms with E-state index in [1.54, 1.807) is 12.1 Å². The number of oxazole rings is 1. The number of nitriles is 1. The standard InChI is InChI=1S/C17H18ClN3O3S/c1-21(25(22,23)15-10-6-5-9-13(15)18)17-14(11-19)20-16(24-17)12-7-3-2-4-8-12/h5-6,9-10,12H,2-4,7-8H2,1H3. The van der Waals surface area contributed by atoms with E-state index in [4.69, 9.17) is 16.0 Å². The van der Waals surface area contributed by atoms with Crippen molar-refractivity contribution >= 4 is 27.5 Å². The van der Waals surface area contributed by atoms with Crippen molar-refractivity contribution in [2.45, 2.75) is 42.9 Å². The second-order valence-electron chi connectivity index (χ2n) is 6.06. The van der Waals surface area contributed by atoms with Gasteiger partial charge in [-0.15, -0.1) is 0 Å². The zero-order valence-electron chi connectivity index (χ0n) is 13.8. The van der Waals surface area contributed by atoms with Crippen LogP contribution in [0.5, 0.6) is 0 Å². The third kappa shape index (κ3) is 3.37. The fourth-order valence-electron chi connectivity index (χ4n) is 3.05. The number of benzene rings is 1. The van der Waals surface area contributed by atoms with Crippen LogP contribution in [-0.2, 0) is 10.0 Å². The van der Waals surface area contributed by atoms with Crippen molar-refractivity contribution in [3.8, 4) is 6.07 Å². The van der Waals surface area contributed by atoms with Crippen LogP contribution in [0.15, 0.2) is 33.6 Å². The summed E-state index contributed by atoms with van der Waals surface area (Å²) < 4.78 is 32.4. The average Bonchev–Trinajstić information content (AvgIpc) is 3.06. The summed E-state index contributed by atoms with van der Waals surface area (Å²) in [6, 6.07) is 8.09. The van der Waals surface area contributed by atoms with E-state index in [9.17, 15) is 13.7 Å². The molecule has 0 saturated heterocycles. The predicted octanol–water partition coefficient (Wildman–Crippen LogP) is 4.07. The monoisotopic (exact) mass is 379 g/mol. The van der Waals surface area contributed by atoms with Crippen molar-refractivity contribution < 1.29 is 12.8 Å². The molecule has 0 bridgehead atoms. The fourth-order valence-corrected chi connectivity index (χ4v) is 4.68. The van der Waals surface area contributed by atoms with Crippen molar-refractivity contribution in [1.29, 1.82) is 5.26 Å². The maximum Gasteiger partial charge on any atom is 0.267 e. The van der Waals surface area contributed by atoms with Crippen LogP contribution in [-0.4, -0.2) is 20.4 Å². The highest BCUT2D eigenvalue weighted by Gasteiger charge is 2.31. The third-order valence-electron chi connectivity index (χ3n) is 4.45. The first-order valence-electron chi connectivity index (χ1n) is 8.09. The van der Waals surface area contributed by atoms with Gasteiger partial charge in [-0.05, 0) is 25.0 Å². The lowest BCUT2D eigenvalue weighted by Gasteiger charge is -2.19. The molecule has 1 fully saturated rings. The van der Waals surface area contributed by atoms with Crippen molar-refractivity contribution in [2.75, 3.05) is 11.4 Å². The molecule has 1 aromatic carbocycles. The Kier molecular flexibility index (Phi) is 5.02. The largest absolute Gasteiger partial charge is 0.422 e. The summed E-state index contributed by atoms with van der Waals surface area (Å²) in [5.74, 6) is 0.501. The van der Waals surface area contributed by atoms with Gasteiger partial charge < -0.3 is 4.42 Å². The SMILES string of the molecule is CN(c1oc(C2CCCCC2)nc1C#N)S(=O)(=O)c1ccccc1Cl. The molecule has 1 aliphatic rings. The lowest BCUT2D eigenvalue weighted by molar-refractivity contribution is 0.366. The van der Waals surface area contributed by atoms with Crippen LogP contribution < -0.4 is 4.31 Å². The predicted molar refractivity (Wildman–Crippen MR) is 94.1 cm³/mol. The molecule has 0 radical (unpaired) electrons. The molecule has 0 spiro atoms. The highest BCUT2D eigenvalue weighted by molar-refractivity contribution is 7.92. The average molecular weight is 380 g/mol. The number of hydrogen-bond acceptors (Lipinski definition) is 5. The number of aromatic nitrogens is 1. The van der Waals surface area contributed by atoms with Crippen LogP contribution in [0.25, 0.3) is 0 Å². The Morgan fingerprint density at radius 1 is 1.28 bits per heavy atom. The molecule has 2 aromatic rings. The van der Waals surface area contributed by atoms with Crippen LogP contribution in [0.2, 0.25) is 5.02 Å². The van der Waals surface area contributed by atoms with Gasteiger partial charge in [0.1, 0.15) is 11.0 Å². The highest BCUT2D eigenvalue weighted by atomic mass is 35.5. The summed E-state index contributed by atoms with van der Waals surface area (Å²) in [6.07, 6.45) is 5.21. The molecule has 0 amide bonds. The second kappa shape index (κ2) is 7.06. The summed E-state index contributed by atoms with van der Waals surface area (Å²) in [5.41, 5.74) is -0.0290. The zero-order valence-corrected chi connectivity index (χ0v) is 15.3. The minimum Gasteiger partial charge on any atom is -0.422 e. The van der Waals surface area contributed by atoms with Gasteiger partial charge in [-0.1, -0.05) is 43.0 Å².